The molecule has 0 aromatic heterocycles. The number of amides is 5. The SMILES string of the molecule is CN[C@H](CC(C)C)C(=O)N[C@@H]1C(=O)N[C@H](C(C)C)[C@@H](O)CC(=O)O[C@H](C(C)C)C(=O)[C@H](C)C(=O)N[C@@H](CC(C)C)C(=O)N2CCC[C@H]2C(=O)N(C)[C@@H](Cc2ccccc2)C(=O)O[C@@H]1C. The van der Waals surface area contributed by atoms with Gasteiger partial charge in [0.15, 0.2) is 11.9 Å². The van der Waals surface area contributed by atoms with Crippen molar-refractivity contribution < 1.29 is 52.9 Å². The molecule has 2 aliphatic rings. The number of aliphatic hydroxyl groups is 1. The van der Waals surface area contributed by atoms with E-state index in [0.29, 0.717) is 18.4 Å². The number of aliphatic hydroxyl groups excluding tert-OH is 1. The average molecular weight is 899 g/mol. The summed E-state index contributed by atoms with van der Waals surface area (Å²) in [5.74, 6) is -8.21. The summed E-state index contributed by atoms with van der Waals surface area (Å²) >= 11 is 0. The van der Waals surface area contributed by atoms with Crippen molar-refractivity contribution in [3.63, 3.8) is 0 Å². The lowest BCUT2D eigenvalue weighted by Crippen LogP contribution is -2.61. The number of nitrogens with zero attached hydrogens (tertiary/aromatic N) is 2. The summed E-state index contributed by atoms with van der Waals surface area (Å²) in [7, 11) is 3.06. The number of carbonyl (C=O) groups is 8. The molecule has 0 bridgehead atoms. The molecule has 0 radical (unpaired) electrons. The fourth-order valence-electron chi connectivity index (χ4n) is 8.24. The van der Waals surface area contributed by atoms with E-state index in [1.807, 2.05) is 27.7 Å². The minimum atomic E-state index is -1.55. The lowest BCUT2D eigenvalue weighted by Gasteiger charge is -2.35. The van der Waals surface area contributed by atoms with Gasteiger partial charge in [0.2, 0.25) is 29.5 Å². The standard InChI is InChI=1S/C47H74N6O11/c1-25(2)21-32(48-11)43(58)51-39-30(10)63-47(62)35(23-31-17-14-13-15-18-31)52(12)46(61)34-19-16-20-53(34)45(60)33(22-26(3)4)49-42(57)29(9)40(56)41(28(7)8)64-37(55)24-36(54)38(27(5)6)50-44(39)59/h13-15,17-18,25-30,32-36,38-39,41,48,54H,16,19-24H2,1-12H3,(H,49,57)(H,50,59)(H,51,58)/t29-,30+,32+,33-,34-,35-,36-,38+,39-,41+/m0/s1. The third-order valence-corrected chi connectivity index (χ3v) is 12.0. The summed E-state index contributed by atoms with van der Waals surface area (Å²) in [6.07, 6.45) is -3.59. The molecule has 2 fully saturated rings. The highest BCUT2D eigenvalue weighted by Gasteiger charge is 2.44. The van der Waals surface area contributed by atoms with Crippen LogP contribution in [0.2, 0.25) is 0 Å². The largest absolute Gasteiger partial charge is 0.458 e. The van der Waals surface area contributed by atoms with Crippen LogP contribution in [0.15, 0.2) is 30.3 Å². The Morgan fingerprint density at radius 1 is 0.859 bits per heavy atom. The van der Waals surface area contributed by atoms with E-state index in [2.05, 4.69) is 21.3 Å². The van der Waals surface area contributed by atoms with Crippen LogP contribution in [0, 0.1) is 29.6 Å². The molecule has 2 aliphatic heterocycles. The molecule has 64 heavy (non-hydrogen) atoms. The molecule has 2 heterocycles. The van der Waals surface area contributed by atoms with Crippen molar-refractivity contribution in [2.75, 3.05) is 20.6 Å². The molecule has 17 nitrogen and oxygen atoms in total. The van der Waals surface area contributed by atoms with Gasteiger partial charge in [-0.15, -0.1) is 0 Å². The van der Waals surface area contributed by atoms with E-state index in [1.54, 1.807) is 65.1 Å². The molecule has 0 unspecified atom stereocenters. The lowest BCUT2D eigenvalue weighted by molar-refractivity contribution is -0.163. The quantitative estimate of drug-likeness (QED) is 0.159. The van der Waals surface area contributed by atoms with Gasteiger partial charge in [0.05, 0.1) is 30.5 Å². The first-order valence-electron chi connectivity index (χ1n) is 22.8. The second-order valence-electron chi connectivity index (χ2n) is 19.0. The number of ketones is 1. The molecule has 3 rings (SSSR count). The summed E-state index contributed by atoms with van der Waals surface area (Å²) in [6.45, 7) is 17.3. The number of carbonyl (C=O) groups excluding carboxylic acids is 8. The molecule has 10 atom stereocenters. The maximum absolute atomic E-state index is 14.6. The van der Waals surface area contributed by atoms with Gasteiger partial charge in [0.25, 0.3) is 0 Å². The van der Waals surface area contributed by atoms with Crippen molar-refractivity contribution in [2.45, 2.75) is 162 Å². The minimum absolute atomic E-state index is 0.00176. The Labute approximate surface area is 378 Å². The molecule has 0 spiro atoms. The van der Waals surface area contributed by atoms with Crippen LogP contribution >= 0.6 is 0 Å². The Hall–Kier alpha value is -4.90. The number of likely N-dealkylation sites (N-methyl/N-ethyl adjacent to an activating group) is 2. The number of nitrogens with one attached hydrogen (secondary N) is 4. The number of benzene rings is 1. The maximum Gasteiger partial charge on any atom is 0.329 e. The number of hydrogen-bond donors (Lipinski definition) is 5. The third kappa shape index (κ3) is 14.6. The van der Waals surface area contributed by atoms with E-state index in [9.17, 15) is 43.5 Å². The number of ether oxygens (including phenoxy) is 2. The zero-order chi connectivity index (χ0) is 48.2. The molecule has 5 amide bonds. The Morgan fingerprint density at radius 2 is 1.50 bits per heavy atom. The van der Waals surface area contributed by atoms with Gasteiger partial charge in [0, 0.05) is 20.0 Å². The zero-order valence-electron chi connectivity index (χ0n) is 39.8. The number of rotatable bonds is 11. The predicted molar refractivity (Wildman–Crippen MR) is 239 cm³/mol. The first-order valence-corrected chi connectivity index (χ1v) is 22.8. The maximum atomic E-state index is 14.6. The van der Waals surface area contributed by atoms with Crippen LogP contribution in [0.1, 0.15) is 107 Å². The van der Waals surface area contributed by atoms with Crippen LogP contribution < -0.4 is 21.3 Å². The van der Waals surface area contributed by atoms with Crippen molar-refractivity contribution >= 4 is 47.3 Å². The van der Waals surface area contributed by atoms with E-state index in [1.165, 1.54) is 30.7 Å². The number of Topliss-reactive ketones (excluding diaryl/α,β-unsaturated/α-hetero) is 1. The summed E-state index contributed by atoms with van der Waals surface area (Å²) < 4.78 is 11.7. The third-order valence-electron chi connectivity index (χ3n) is 12.0. The van der Waals surface area contributed by atoms with E-state index in [-0.39, 0.29) is 37.6 Å². The first-order chi connectivity index (χ1) is 30.0. The molecule has 0 aliphatic carbocycles. The highest BCUT2D eigenvalue weighted by Crippen LogP contribution is 2.25. The Morgan fingerprint density at radius 3 is 2.06 bits per heavy atom. The monoisotopic (exact) mass is 899 g/mol. The fourth-order valence-corrected chi connectivity index (χ4v) is 8.24. The fraction of sp³-hybridized carbons (Fsp3) is 0.702. The zero-order valence-corrected chi connectivity index (χ0v) is 39.8. The molecule has 358 valence electrons. The van der Waals surface area contributed by atoms with Crippen molar-refractivity contribution in [3.8, 4) is 0 Å². The van der Waals surface area contributed by atoms with Gasteiger partial charge in [-0.2, -0.15) is 0 Å². The molecule has 1 aromatic rings. The molecule has 17 heteroatoms. The second kappa shape index (κ2) is 24.4. The highest BCUT2D eigenvalue weighted by molar-refractivity contribution is 6.05. The normalized spacial score (nSPS) is 28.2. The van der Waals surface area contributed by atoms with Crippen LogP contribution in [0.25, 0.3) is 0 Å². The average Bonchev–Trinajstić information content (AvgIpc) is 3.72. The van der Waals surface area contributed by atoms with Crippen LogP contribution in [0.5, 0.6) is 0 Å². The van der Waals surface area contributed by atoms with Gasteiger partial charge >= 0.3 is 11.9 Å². The van der Waals surface area contributed by atoms with Crippen LogP contribution in [0.4, 0.5) is 0 Å². The molecule has 0 saturated carbocycles. The Bertz CT molecular complexity index is 1790. The first kappa shape index (κ1) is 53.4. The molecular formula is C47H74N6O11. The van der Waals surface area contributed by atoms with Gasteiger partial charge in [-0.1, -0.05) is 85.7 Å². The number of cyclic esters (lactones) is 2. The van der Waals surface area contributed by atoms with Gasteiger partial charge in [-0.25, -0.2) is 4.79 Å². The molecule has 5 N–H and O–H groups in total. The van der Waals surface area contributed by atoms with Crippen LogP contribution in [-0.2, 0) is 54.3 Å². The van der Waals surface area contributed by atoms with Gasteiger partial charge in [0.1, 0.15) is 30.3 Å². The van der Waals surface area contributed by atoms with Crippen molar-refractivity contribution in [2.24, 2.45) is 29.6 Å². The lowest BCUT2D eigenvalue weighted by atomic mass is 9.92. The number of fused-ring (bicyclic) bond motifs is 1. The van der Waals surface area contributed by atoms with E-state index in [0.717, 1.165) is 0 Å². The van der Waals surface area contributed by atoms with E-state index >= 15 is 0 Å². The summed E-state index contributed by atoms with van der Waals surface area (Å²) in [5.41, 5.74) is 0.692. The topological polar surface area (TPSA) is 230 Å². The Kier molecular flexibility index (Phi) is 20.4. The van der Waals surface area contributed by atoms with Crippen molar-refractivity contribution in [1.29, 1.82) is 0 Å². The van der Waals surface area contributed by atoms with Gasteiger partial charge < -0.3 is 45.6 Å². The Balaban J connectivity index is 2.19. The highest BCUT2D eigenvalue weighted by atomic mass is 16.6. The van der Waals surface area contributed by atoms with Crippen molar-refractivity contribution in [3.05, 3.63) is 35.9 Å². The smallest absolute Gasteiger partial charge is 0.329 e. The molecular weight excluding hydrogens is 825 g/mol. The summed E-state index contributed by atoms with van der Waals surface area (Å²) in [4.78, 5) is 115. The number of esters is 2. The van der Waals surface area contributed by atoms with Crippen LogP contribution in [0.3, 0.4) is 0 Å². The van der Waals surface area contributed by atoms with E-state index in [4.69, 9.17) is 9.47 Å². The molecule has 1 aromatic carbocycles. The summed E-state index contributed by atoms with van der Waals surface area (Å²) in [6, 6.07) is 2.22. The number of hydrogen-bond acceptors (Lipinski definition) is 12. The summed E-state index contributed by atoms with van der Waals surface area (Å²) in [5, 5.41) is 22.7. The van der Waals surface area contributed by atoms with Gasteiger partial charge in [-0.05, 0) is 75.8 Å². The minimum Gasteiger partial charge on any atom is -0.458 e. The van der Waals surface area contributed by atoms with Crippen LogP contribution in [-0.4, -0.2) is 137 Å². The van der Waals surface area contributed by atoms with Crippen molar-refractivity contribution in [1.82, 2.24) is 31.1 Å². The van der Waals surface area contributed by atoms with E-state index < -0.39 is 126 Å². The molecule has 2 saturated heterocycles. The van der Waals surface area contributed by atoms with Gasteiger partial charge in [-0.3, -0.25) is 33.6 Å². The predicted octanol–water partition coefficient (Wildman–Crippen LogP) is 2.31. The second-order valence-corrected chi connectivity index (χ2v) is 19.0.